The maximum Gasteiger partial charge on any atom is 0.412 e. The molecule has 1 aliphatic heterocycles. The summed E-state index contributed by atoms with van der Waals surface area (Å²) in [5.41, 5.74) is -1.43. The number of ketones is 2. The molecule has 23 heavy (non-hydrogen) atoms. The molecular weight excluding hydrogens is 298 g/mol. The van der Waals surface area contributed by atoms with Gasteiger partial charge >= 0.3 is 6.09 Å². The van der Waals surface area contributed by atoms with Crippen LogP contribution in [-0.4, -0.2) is 46.5 Å². The van der Waals surface area contributed by atoms with E-state index in [-0.39, 0.29) is 17.6 Å². The highest BCUT2D eigenvalue weighted by Gasteiger charge is 2.47. The summed E-state index contributed by atoms with van der Waals surface area (Å²) in [6.07, 6.45) is 1.37. The first-order chi connectivity index (χ1) is 10.5. The Balaban J connectivity index is 2.15. The fourth-order valence-corrected chi connectivity index (χ4v) is 3.24. The number of hydrogen-bond acceptors (Lipinski definition) is 5. The third kappa shape index (κ3) is 4.10. The maximum absolute atomic E-state index is 12.5. The van der Waals surface area contributed by atoms with E-state index in [0.29, 0.717) is 32.3 Å². The Morgan fingerprint density at radius 1 is 1.26 bits per heavy atom. The first kappa shape index (κ1) is 17.9. The number of carbonyl (C=O) groups excluding carboxylic acids is 3. The van der Waals surface area contributed by atoms with Crippen molar-refractivity contribution in [3.05, 3.63) is 0 Å². The van der Waals surface area contributed by atoms with Gasteiger partial charge in [-0.05, 0) is 47.5 Å². The van der Waals surface area contributed by atoms with Crippen molar-refractivity contribution in [3.63, 3.8) is 0 Å². The van der Waals surface area contributed by atoms with Crippen molar-refractivity contribution in [1.29, 1.82) is 0 Å². The van der Waals surface area contributed by atoms with Gasteiger partial charge in [-0.3, -0.25) is 14.5 Å². The topological polar surface area (TPSA) is 72.9 Å². The van der Waals surface area contributed by atoms with Crippen LogP contribution in [0.1, 0.15) is 60.3 Å². The van der Waals surface area contributed by atoms with Crippen LogP contribution in [0.3, 0.4) is 0 Å². The van der Waals surface area contributed by atoms with Crippen LogP contribution in [0.2, 0.25) is 0 Å². The lowest BCUT2D eigenvalue weighted by molar-refractivity contribution is -0.136. The van der Waals surface area contributed by atoms with E-state index in [4.69, 9.17) is 9.47 Å². The summed E-state index contributed by atoms with van der Waals surface area (Å²) in [6.45, 7) is 9.31. The average Bonchev–Trinajstić information content (AvgIpc) is 2.67. The molecule has 1 saturated heterocycles. The predicted molar refractivity (Wildman–Crippen MR) is 83.9 cm³/mol. The van der Waals surface area contributed by atoms with E-state index in [9.17, 15) is 14.4 Å². The number of rotatable bonds is 2. The van der Waals surface area contributed by atoms with Gasteiger partial charge in [0.1, 0.15) is 22.9 Å². The lowest BCUT2D eigenvalue weighted by atomic mass is 9.82. The second-order valence-electron chi connectivity index (χ2n) is 7.84. The summed E-state index contributed by atoms with van der Waals surface area (Å²) >= 11 is 0. The number of carbonyl (C=O) groups is 3. The largest absolute Gasteiger partial charge is 0.444 e. The Labute approximate surface area is 137 Å². The minimum absolute atomic E-state index is 0.0184. The third-order valence-corrected chi connectivity index (χ3v) is 4.30. The Bertz CT molecular complexity index is 490. The van der Waals surface area contributed by atoms with Crippen molar-refractivity contribution in [3.8, 4) is 0 Å². The zero-order chi connectivity index (χ0) is 17.4. The summed E-state index contributed by atoms with van der Waals surface area (Å²) in [4.78, 5) is 38.2. The van der Waals surface area contributed by atoms with Gasteiger partial charge in [-0.2, -0.15) is 0 Å². The van der Waals surface area contributed by atoms with Crippen LogP contribution < -0.4 is 0 Å². The van der Waals surface area contributed by atoms with Gasteiger partial charge < -0.3 is 9.47 Å². The molecule has 2 fully saturated rings. The molecule has 1 aliphatic carbocycles. The number of amides is 1. The zero-order valence-electron chi connectivity index (χ0n) is 14.7. The molecule has 1 amide bonds. The van der Waals surface area contributed by atoms with E-state index in [1.807, 2.05) is 0 Å². The van der Waals surface area contributed by atoms with E-state index < -0.39 is 23.3 Å². The highest BCUT2D eigenvalue weighted by Crippen LogP contribution is 2.34. The second kappa shape index (κ2) is 6.23. The Kier molecular flexibility index (Phi) is 4.85. The average molecular weight is 325 g/mol. The molecule has 0 unspecified atom stereocenters. The molecule has 0 bridgehead atoms. The molecule has 2 rings (SSSR count). The smallest absolute Gasteiger partial charge is 0.412 e. The lowest BCUT2D eigenvalue weighted by Crippen LogP contribution is -2.51. The molecular formula is C17H27NO5. The van der Waals surface area contributed by atoms with E-state index in [1.54, 1.807) is 34.6 Å². The van der Waals surface area contributed by atoms with Crippen molar-refractivity contribution in [2.45, 2.75) is 77.7 Å². The SMILES string of the molecule is CC(C)(C)OC(=O)N1[C@H](CC2C(=O)CCCC2=O)COC1(C)C. The molecule has 0 aromatic heterocycles. The van der Waals surface area contributed by atoms with Gasteiger partial charge in [0.25, 0.3) is 0 Å². The quantitative estimate of drug-likeness (QED) is 0.730. The monoisotopic (exact) mass is 325 g/mol. The molecule has 0 aromatic rings. The minimum atomic E-state index is -0.812. The summed E-state index contributed by atoms with van der Waals surface area (Å²) < 4.78 is 11.2. The lowest BCUT2D eigenvalue weighted by Gasteiger charge is -2.36. The van der Waals surface area contributed by atoms with Gasteiger partial charge in [0, 0.05) is 12.8 Å². The zero-order valence-corrected chi connectivity index (χ0v) is 14.7. The van der Waals surface area contributed by atoms with Crippen LogP contribution >= 0.6 is 0 Å². The van der Waals surface area contributed by atoms with Crippen LogP contribution in [-0.2, 0) is 19.1 Å². The Morgan fingerprint density at radius 3 is 2.35 bits per heavy atom. The van der Waals surface area contributed by atoms with Gasteiger partial charge in [-0.1, -0.05) is 0 Å². The standard InChI is InChI=1S/C17H27NO5/c1-16(2,3)23-15(21)18-11(10-22-17(18,4)5)9-12-13(19)7-6-8-14(12)20/h11-12H,6-10H2,1-5H3/t11-/m1/s1. The summed E-state index contributed by atoms with van der Waals surface area (Å²) in [7, 11) is 0. The van der Waals surface area contributed by atoms with E-state index in [2.05, 4.69) is 0 Å². The number of ether oxygens (including phenoxy) is 2. The Morgan fingerprint density at radius 2 is 1.83 bits per heavy atom. The van der Waals surface area contributed by atoms with Crippen LogP contribution in [0.25, 0.3) is 0 Å². The molecule has 0 radical (unpaired) electrons. The normalized spacial score (nSPS) is 25.8. The van der Waals surface area contributed by atoms with E-state index in [0.717, 1.165) is 0 Å². The molecule has 2 aliphatic rings. The van der Waals surface area contributed by atoms with Crippen LogP contribution in [0.15, 0.2) is 0 Å². The summed E-state index contributed by atoms with van der Waals surface area (Å²) in [5.74, 6) is -0.652. The summed E-state index contributed by atoms with van der Waals surface area (Å²) in [5, 5.41) is 0. The predicted octanol–water partition coefficient (Wildman–Crippen LogP) is 2.69. The fraction of sp³-hybridized carbons (Fsp3) is 0.824. The molecule has 6 nitrogen and oxygen atoms in total. The summed E-state index contributed by atoms with van der Waals surface area (Å²) in [6, 6.07) is -0.323. The molecule has 0 aromatic carbocycles. The minimum Gasteiger partial charge on any atom is -0.444 e. The number of hydrogen-bond donors (Lipinski definition) is 0. The fourth-order valence-electron chi connectivity index (χ4n) is 3.24. The Hall–Kier alpha value is -1.43. The molecule has 1 atom stereocenters. The molecule has 0 spiro atoms. The number of Topliss-reactive ketones (excluding diaryl/α,β-unsaturated/α-hetero) is 2. The van der Waals surface area contributed by atoms with Crippen LogP contribution in [0.5, 0.6) is 0 Å². The van der Waals surface area contributed by atoms with Crippen molar-refractivity contribution >= 4 is 17.7 Å². The molecule has 0 N–H and O–H groups in total. The first-order valence-electron chi connectivity index (χ1n) is 8.23. The second-order valence-corrected chi connectivity index (χ2v) is 7.84. The van der Waals surface area contributed by atoms with Crippen LogP contribution in [0, 0.1) is 5.92 Å². The van der Waals surface area contributed by atoms with Crippen LogP contribution in [0.4, 0.5) is 4.79 Å². The van der Waals surface area contributed by atoms with Crippen molar-refractivity contribution in [2.75, 3.05) is 6.61 Å². The van der Waals surface area contributed by atoms with Gasteiger partial charge in [-0.15, -0.1) is 0 Å². The van der Waals surface area contributed by atoms with E-state index in [1.165, 1.54) is 4.90 Å². The maximum atomic E-state index is 12.5. The van der Waals surface area contributed by atoms with Gasteiger partial charge in [0.15, 0.2) is 0 Å². The molecule has 1 saturated carbocycles. The van der Waals surface area contributed by atoms with Crippen molar-refractivity contribution in [2.24, 2.45) is 5.92 Å². The van der Waals surface area contributed by atoms with Gasteiger partial charge in [-0.25, -0.2) is 4.79 Å². The van der Waals surface area contributed by atoms with Crippen molar-refractivity contribution < 1.29 is 23.9 Å². The van der Waals surface area contributed by atoms with Gasteiger partial charge in [0.2, 0.25) is 0 Å². The third-order valence-electron chi connectivity index (χ3n) is 4.30. The molecule has 6 heteroatoms. The van der Waals surface area contributed by atoms with Gasteiger partial charge in [0.05, 0.1) is 18.6 Å². The highest BCUT2D eigenvalue weighted by atomic mass is 16.6. The highest BCUT2D eigenvalue weighted by molar-refractivity contribution is 6.04. The van der Waals surface area contributed by atoms with Crippen molar-refractivity contribution in [1.82, 2.24) is 4.90 Å². The number of nitrogens with zero attached hydrogens (tertiary/aromatic N) is 1. The first-order valence-corrected chi connectivity index (χ1v) is 8.23. The van der Waals surface area contributed by atoms with E-state index >= 15 is 0 Å². The molecule has 130 valence electrons. The molecule has 1 heterocycles.